The Morgan fingerprint density at radius 1 is 1.08 bits per heavy atom. The Morgan fingerprint density at radius 2 is 1.77 bits per heavy atom. The molecular weight excluding hydrogens is 338 g/mol. The SMILES string of the molecule is COC(=O)[C@H]1C[C@@](C)(C(=O)OC)N2C3=CCCCC3(C(=O)OC)CC[C@@H]12. The Hall–Kier alpha value is -2.05. The van der Waals surface area contributed by atoms with Crippen LogP contribution >= 0.6 is 0 Å². The van der Waals surface area contributed by atoms with Crippen molar-refractivity contribution < 1.29 is 28.6 Å². The van der Waals surface area contributed by atoms with Crippen molar-refractivity contribution in [2.24, 2.45) is 11.3 Å². The number of hydrogen-bond donors (Lipinski definition) is 0. The van der Waals surface area contributed by atoms with Crippen LogP contribution in [-0.2, 0) is 28.6 Å². The summed E-state index contributed by atoms with van der Waals surface area (Å²) in [5, 5.41) is 0. The lowest BCUT2D eigenvalue weighted by Gasteiger charge is -2.52. The van der Waals surface area contributed by atoms with Gasteiger partial charge < -0.3 is 19.1 Å². The van der Waals surface area contributed by atoms with Crippen LogP contribution in [0.1, 0.15) is 45.4 Å². The molecule has 7 nitrogen and oxygen atoms in total. The van der Waals surface area contributed by atoms with Crippen LogP contribution in [0.2, 0.25) is 0 Å². The number of rotatable bonds is 3. The molecule has 0 radical (unpaired) electrons. The van der Waals surface area contributed by atoms with Crippen molar-refractivity contribution in [3.8, 4) is 0 Å². The molecule has 0 aromatic heterocycles. The van der Waals surface area contributed by atoms with E-state index in [1.54, 1.807) is 6.92 Å². The number of piperidine rings is 1. The summed E-state index contributed by atoms with van der Waals surface area (Å²) >= 11 is 0. The molecule has 0 N–H and O–H groups in total. The van der Waals surface area contributed by atoms with Crippen LogP contribution in [0.25, 0.3) is 0 Å². The van der Waals surface area contributed by atoms with Gasteiger partial charge in [-0.3, -0.25) is 9.59 Å². The van der Waals surface area contributed by atoms with Gasteiger partial charge in [0.2, 0.25) is 0 Å². The third-order valence-electron chi connectivity index (χ3n) is 6.41. The summed E-state index contributed by atoms with van der Waals surface area (Å²) in [6.07, 6.45) is 5.99. The first-order chi connectivity index (χ1) is 12.4. The van der Waals surface area contributed by atoms with Gasteiger partial charge in [-0.2, -0.15) is 0 Å². The first kappa shape index (κ1) is 18.7. The highest BCUT2D eigenvalue weighted by molar-refractivity contribution is 5.86. The first-order valence-corrected chi connectivity index (χ1v) is 9.10. The molecule has 0 aromatic carbocycles. The second-order valence-corrected chi connectivity index (χ2v) is 7.63. The molecule has 0 amide bonds. The molecule has 1 aliphatic carbocycles. The Labute approximate surface area is 153 Å². The van der Waals surface area contributed by atoms with Crippen molar-refractivity contribution in [1.29, 1.82) is 0 Å². The van der Waals surface area contributed by atoms with Crippen molar-refractivity contribution in [3.63, 3.8) is 0 Å². The predicted molar refractivity (Wildman–Crippen MR) is 91.8 cm³/mol. The maximum Gasteiger partial charge on any atom is 0.331 e. The minimum atomic E-state index is -1.01. The number of carbonyl (C=O) groups is 3. The number of methoxy groups -OCH3 is 3. The Morgan fingerprint density at radius 3 is 2.38 bits per heavy atom. The Bertz CT molecular complexity index is 658. The number of carbonyl (C=O) groups excluding carboxylic acids is 3. The van der Waals surface area contributed by atoms with Gasteiger partial charge in [-0.05, 0) is 45.4 Å². The first-order valence-electron chi connectivity index (χ1n) is 9.10. The molecule has 0 bridgehead atoms. The maximum absolute atomic E-state index is 12.7. The Kier molecular flexibility index (Phi) is 4.75. The van der Waals surface area contributed by atoms with Crippen molar-refractivity contribution >= 4 is 17.9 Å². The summed E-state index contributed by atoms with van der Waals surface area (Å²) in [5.74, 6) is -1.42. The smallest absolute Gasteiger partial charge is 0.331 e. The number of fused-ring (bicyclic) bond motifs is 3. The van der Waals surface area contributed by atoms with Crippen LogP contribution < -0.4 is 0 Å². The average molecular weight is 365 g/mol. The molecule has 4 atom stereocenters. The standard InChI is InChI=1S/C19H27NO6/c1-18(16(22)25-3)11-12(15(21)24-2)13-8-10-19(17(23)26-4)9-6-5-7-14(19)20(13)18/h7,12-13H,5-6,8-11H2,1-4H3/t12-,13-,18-,19?/m0/s1. The van der Waals surface area contributed by atoms with Crippen LogP contribution in [0, 0.1) is 11.3 Å². The highest BCUT2D eigenvalue weighted by Crippen LogP contribution is 2.56. The Balaban J connectivity index is 2.12. The van der Waals surface area contributed by atoms with E-state index >= 15 is 0 Å². The highest BCUT2D eigenvalue weighted by Gasteiger charge is 2.63. The van der Waals surface area contributed by atoms with Crippen molar-refractivity contribution in [1.82, 2.24) is 4.90 Å². The molecular formula is C19H27NO6. The lowest BCUT2D eigenvalue weighted by molar-refractivity contribution is -0.161. The monoisotopic (exact) mass is 365 g/mol. The molecule has 144 valence electrons. The van der Waals surface area contributed by atoms with Gasteiger partial charge in [0.05, 0.1) is 27.2 Å². The van der Waals surface area contributed by atoms with E-state index in [4.69, 9.17) is 14.2 Å². The largest absolute Gasteiger partial charge is 0.469 e. The van der Waals surface area contributed by atoms with Crippen LogP contribution in [0.15, 0.2) is 11.8 Å². The van der Waals surface area contributed by atoms with Gasteiger partial charge in [-0.15, -0.1) is 0 Å². The summed E-state index contributed by atoms with van der Waals surface area (Å²) in [4.78, 5) is 39.8. The molecule has 0 spiro atoms. The topological polar surface area (TPSA) is 82.1 Å². The quantitative estimate of drug-likeness (QED) is 0.557. The van der Waals surface area contributed by atoms with E-state index in [0.717, 1.165) is 18.5 Å². The van der Waals surface area contributed by atoms with Gasteiger partial charge in [0.15, 0.2) is 0 Å². The molecule has 2 aliphatic heterocycles. The van der Waals surface area contributed by atoms with Crippen LogP contribution in [0.5, 0.6) is 0 Å². The van der Waals surface area contributed by atoms with Gasteiger partial charge in [0.1, 0.15) is 11.0 Å². The van der Waals surface area contributed by atoms with Gasteiger partial charge in [-0.1, -0.05) is 6.08 Å². The average Bonchev–Trinajstić information content (AvgIpc) is 3.00. The van der Waals surface area contributed by atoms with Crippen molar-refractivity contribution in [2.75, 3.05) is 21.3 Å². The molecule has 7 heteroatoms. The van der Waals surface area contributed by atoms with Gasteiger partial charge in [0, 0.05) is 11.7 Å². The predicted octanol–water partition coefficient (Wildman–Crippen LogP) is 1.80. The number of esters is 3. The molecule has 0 aromatic rings. The maximum atomic E-state index is 12.7. The fourth-order valence-corrected chi connectivity index (χ4v) is 5.22. The number of nitrogens with zero attached hydrogens (tertiary/aromatic N) is 1. The lowest BCUT2D eigenvalue weighted by atomic mass is 9.68. The third-order valence-corrected chi connectivity index (χ3v) is 6.41. The van der Waals surface area contributed by atoms with Gasteiger partial charge in [-0.25, -0.2) is 4.79 Å². The second-order valence-electron chi connectivity index (χ2n) is 7.63. The van der Waals surface area contributed by atoms with Gasteiger partial charge >= 0.3 is 17.9 Å². The number of hydrogen-bond acceptors (Lipinski definition) is 7. The molecule has 3 aliphatic rings. The van der Waals surface area contributed by atoms with E-state index in [1.807, 2.05) is 11.0 Å². The van der Waals surface area contributed by atoms with Gasteiger partial charge in [0.25, 0.3) is 0 Å². The van der Waals surface area contributed by atoms with Crippen LogP contribution in [0.3, 0.4) is 0 Å². The number of ether oxygens (including phenoxy) is 3. The van der Waals surface area contributed by atoms with E-state index < -0.39 is 22.8 Å². The van der Waals surface area contributed by atoms with Crippen molar-refractivity contribution in [2.45, 2.75) is 57.0 Å². The molecule has 1 unspecified atom stereocenters. The molecule has 0 saturated carbocycles. The molecule has 2 saturated heterocycles. The molecule has 2 heterocycles. The summed E-state index contributed by atoms with van der Waals surface area (Å²) < 4.78 is 15.2. The zero-order chi connectivity index (χ0) is 19.1. The van der Waals surface area contributed by atoms with Crippen LogP contribution in [-0.4, -0.2) is 55.7 Å². The fourth-order valence-electron chi connectivity index (χ4n) is 5.22. The zero-order valence-electron chi connectivity index (χ0n) is 15.9. The summed E-state index contributed by atoms with van der Waals surface area (Å²) in [7, 11) is 4.11. The minimum absolute atomic E-state index is 0.186. The summed E-state index contributed by atoms with van der Waals surface area (Å²) in [6.45, 7) is 1.79. The van der Waals surface area contributed by atoms with E-state index in [9.17, 15) is 14.4 Å². The zero-order valence-corrected chi connectivity index (χ0v) is 15.9. The summed E-state index contributed by atoms with van der Waals surface area (Å²) in [5.41, 5.74) is -0.948. The lowest BCUT2D eigenvalue weighted by Crippen LogP contribution is -2.58. The highest BCUT2D eigenvalue weighted by atomic mass is 16.5. The van der Waals surface area contributed by atoms with E-state index in [-0.39, 0.29) is 18.0 Å². The van der Waals surface area contributed by atoms with E-state index in [1.165, 1.54) is 21.3 Å². The molecule has 2 fully saturated rings. The fraction of sp³-hybridized carbons (Fsp3) is 0.737. The molecule has 26 heavy (non-hydrogen) atoms. The molecule has 3 rings (SSSR count). The normalized spacial score (nSPS) is 35.7. The second kappa shape index (κ2) is 6.59. The summed E-state index contributed by atoms with van der Waals surface area (Å²) in [6, 6.07) is -0.186. The minimum Gasteiger partial charge on any atom is -0.469 e. The van der Waals surface area contributed by atoms with E-state index in [0.29, 0.717) is 25.7 Å². The number of allylic oxidation sites excluding steroid dienone is 1. The van der Waals surface area contributed by atoms with Crippen molar-refractivity contribution in [3.05, 3.63) is 11.8 Å². The van der Waals surface area contributed by atoms with E-state index in [2.05, 4.69) is 0 Å². The van der Waals surface area contributed by atoms with Crippen LogP contribution in [0.4, 0.5) is 0 Å². The third kappa shape index (κ3) is 2.43.